The van der Waals surface area contributed by atoms with Gasteiger partial charge in [-0.1, -0.05) is 6.07 Å². The average Bonchev–Trinajstić information content (AvgIpc) is 3.02. The smallest absolute Gasteiger partial charge is 0.319 e. The van der Waals surface area contributed by atoms with Crippen molar-refractivity contribution in [2.45, 2.75) is 29.4 Å². The van der Waals surface area contributed by atoms with Gasteiger partial charge in [-0.15, -0.1) is 11.8 Å². The third kappa shape index (κ3) is 3.72. The van der Waals surface area contributed by atoms with Crippen LogP contribution in [0, 0.1) is 0 Å². The Morgan fingerprint density at radius 1 is 1.44 bits per heavy atom. The first-order valence-electron chi connectivity index (χ1n) is 7.95. The summed E-state index contributed by atoms with van der Waals surface area (Å²) in [7, 11) is 0. The Morgan fingerprint density at radius 2 is 2.24 bits per heavy atom. The van der Waals surface area contributed by atoms with Crippen molar-refractivity contribution in [3.63, 3.8) is 0 Å². The number of nitrogens with one attached hydrogen (secondary N) is 3. The van der Waals surface area contributed by atoms with E-state index in [4.69, 9.17) is 0 Å². The second-order valence-corrected chi connectivity index (χ2v) is 6.89. The lowest BCUT2D eigenvalue weighted by molar-refractivity contribution is -0.148. The van der Waals surface area contributed by atoms with Gasteiger partial charge in [0.25, 0.3) is 0 Å². The summed E-state index contributed by atoms with van der Waals surface area (Å²) < 4.78 is 0. The quantitative estimate of drug-likeness (QED) is 0.562. The minimum atomic E-state index is -0.898. The predicted molar refractivity (Wildman–Crippen MR) is 93.3 cm³/mol. The molecule has 0 saturated carbocycles. The first-order chi connectivity index (χ1) is 12.0. The fraction of sp³-hybridized carbons (Fsp3) is 0.438. The van der Waals surface area contributed by atoms with Crippen LogP contribution in [-0.4, -0.2) is 65.4 Å². The van der Waals surface area contributed by atoms with Crippen LogP contribution in [0.1, 0.15) is 6.42 Å². The molecule has 0 radical (unpaired) electrons. The summed E-state index contributed by atoms with van der Waals surface area (Å²) >= 11 is 1.58. The first kappa shape index (κ1) is 17.6. The number of piperazine rings is 1. The van der Waals surface area contributed by atoms with Crippen molar-refractivity contribution in [1.82, 2.24) is 15.5 Å². The molecule has 2 aliphatic heterocycles. The molecule has 8 nitrogen and oxygen atoms in total. The van der Waals surface area contributed by atoms with Crippen LogP contribution in [0.4, 0.5) is 10.5 Å². The number of nitrogens with zero attached hydrogens (tertiary/aromatic N) is 1. The van der Waals surface area contributed by atoms with Crippen LogP contribution in [0.2, 0.25) is 0 Å². The molecular formula is C16H20N4O4S. The molecule has 3 atom stereocenters. The maximum atomic E-state index is 12.2. The molecule has 1 aromatic carbocycles. The Bertz CT molecular complexity index is 698. The van der Waals surface area contributed by atoms with Crippen molar-refractivity contribution >= 4 is 35.3 Å². The van der Waals surface area contributed by atoms with Gasteiger partial charge in [0.2, 0.25) is 11.8 Å². The van der Waals surface area contributed by atoms with Gasteiger partial charge in [0.15, 0.2) is 0 Å². The van der Waals surface area contributed by atoms with E-state index in [2.05, 4.69) is 16.0 Å². The highest BCUT2D eigenvalue weighted by atomic mass is 32.2. The molecule has 0 aliphatic carbocycles. The van der Waals surface area contributed by atoms with Crippen molar-refractivity contribution in [2.75, 3.05) is 24.7 Å². The fourth-order valence-corrected chi connectivity index (χ4v) is 3.60. The van der Waals surface area contributed by atoms with E-state index in [-0.39, 0.29) is 30.4 Å². The molecule has 0 spiro atoms. The summed E-state index contributed by atoms with van der Waals surface area (Å²) in [6.07, 6.45) is 2.31. The number of amides is 4. The first-order valence-corrected chi connectivity index (χ1v) is 9.17. The highest BCUT2D eigenvalue weighted by Crippen LogP contribution is 2.23. The number of urea groups is 1. The predicted octanol–water partition coefficient (Wildman–Crippen LogP) is -0.00980. The highest BCUT2D eigenvalue weighted by molar-refractivity contribution is 7.98. The number of carbonyl (C=O) groups is 3. The maximum absolute atomic E-state index is 12.2. The third-order valence-corrected chi connectivity index (χ3v) is 5.07. The standard InChI is InChI=1S/C16H20N4O4S/c1-25-11-4-2-3-9(5-11)17-16(24)18-10-6-13-14(22)19-12(8-21)15(23)20(13)7-10/h2-5,10,12-13,21H,6-8H2,1H3,(H,19,22)(H2,17,18,24)/t10-,12-,13-/m0/s1. The molecular weight excluding hydrogens is 344 g/mol. The topological polar surface area (TPSA) is 111 Å². The van der Waals surface area contributed by atoms with Gasteiger partial charge in [0, 0.05) is 17.1 Å². The van der Waals surface area contributed by atoms with E-state index in [0.29, 0.717) is 12.1 Å². The van der Waals surface area contributed by atoms with Gasteiger partial charge in [0.05, 0.1) is 12.6 Å². The molecule has 0 unspecified atom stereocenters. The van der Waals surface area contributed by atoms with Crippen LogP contribution in [0.3, 0.4) is 0 Å². The van der Waals surface area contributed by atoms with E-state index >= 15 is 0 Å². The summed E-state index contributed by atoms with van der Waals surface area (Å²) in [6, 6.07) is 5.27. The minimum absolute atomic E-state index is 0.256. The third-order valence-electron chi connectivity index (χ3n) is 4.35. The lowest BCUT2D eigenvalue weighted by atomic mass is 10.1. The van der Waals surface area contributed by atoms with Crippen molar-refractivity contribution < 1.29 is 19.5 Å². The Kier molecular flexibility index (Phi) is 5.14. The molecule has 4 N–H and O–H groups in total. The molecule has 2 saturated heterocycles. The van der Waals surface area contributed by atoms with Crippen LogP contribution in [0.25, 0.3) is 0 Å². The van der Waals surface area contributed by atoms with Crippen LogP contribution in [-0.2, 0) is 9.59 Å². The maximum Gasteiger partial charge on any atom is 0.319 e. The van der Waals surface area contributed by atoms with Crippen molar-refractivity contribution in [2.24, 2.45) is 0 Å². The number of hydrogen-bond donors (Lipinski definition) is 4. The normalized spacial score (nSPS) is 25.4. The summed E-state index contributed by atoms with van der Waals surface area (Å²) in [6.45, 7) is -0.177. The van der Waals surface area contributed by atoms with Crippen molar-refractivity contribution in [3.8, 4) is 0 Å². The molecule has 25 heavy (non-hydrogen) atoms. The fourth-order valence-electron chi connectivity index (χ4n) is 3.14. The van der Waals surface area contributed by atoms with Crippen molar-refractivity contribution in [3.05, 3.63) is 24.3 Å². The van der Waals surface area contributed by atoms with Crippen LogP contribution >= 0.6 is 11.8 Å². The van der Waals surface area contributed by atoms with Gasteiger partial charge in [-0.2, -0.15) is 0 Å². The summed E-state index contributed by atoms with van der Waals surface area (Å²) in [5.74, 6) is -0.611. The molecule has 2 heterocycles. The van der Waals surface area contributed by atoms with Gasteiger partial charge in [0.1, 0.15) is 12.1 Å². The largest absolute Gasteiger partial charge is 0.394 e. The second-order valence-electron chi connectivity index (χ2n) is 6.01. The van der Waals surface area contributed by atoms with Gasteiger partial charge in [-0.05, 0) is 30.9 Å². The molecule has 2 aliphatic rings. The number of aliphatic hydroxyl groups excluding tert-OH is 1. The zero-order valence-corrected chi connectivity index (χ0v) is 14.5. The van der Waals surface area contributed by atoms with Gasteiger partial charge in [-0.3, -0.25) is 9.59 Å². The zero-order chi connectivity index (χ0) is 18.0. The highest BCUT2D eigenvalue weighted by Gasteiger charge is 2.46. The number of hydrogen-bond acceptors (Lipinski definition) is 5. The van der Waals surface area contributed by atoms with E-state index in [0.717, 1.165) is 4.90 Å². The lowest BCUT2D eigenvalue weighted by Gasteiger charge is -2.33. The molecule has 0 bridgehead atoms. The lowest BCUT2D eigenvalue weighted by Crippen LogP contribution is -2.62. The Balaban J connectivity index is 1.60. The second kappa shape index (κ2) is 7.32. The number of rotatable bonds is 4. The summed E-state index contributed by atoms with van der Waals surface area (Å²) in [5, 5.41) is 17.2. The SMILES string of the molecule is CSc1cccc(NC(=O)N[C@H]2C[C@H]3C(=O)N[C@@H](CO)C(=O)N3C2)c1. The van der Waals surface area contributed by atoms with Gasteiger partial charge in [-0.25, -0.2) is 4.79 Å². The Morgan fingerprint density at radius 3 is 2.96 bits per heavy atom. The molecule has 4 amide bonds. The summed E-state index contributed by atoms with van der Waals surface area (Å²) in [5.41, 5.74) is 0.675. The van der Waals surface area contributed by atoms with E-state index in [1.165, 1.54) is 4.90 Å². The van der Waals surface area contributed by atoms with Crippen molar-refractivity contribution in [1.29, 1.82) is 0 Å². The monoisotopic (exact) mass is 364 g/mol. The van der Waals surface area contributed by atoms with Gasteiger partial charge >= 0.3 is 6.03 Å². The van der Waals surface area contributed by atoms with Crippen LogP contribution in [0.5, 0.6) is 0 Å². The zero-order valence-electron chi connectivity index (χ0n) is 13.7. The number of aliphatic hydroxyl groups is 1. The molecule has 2 fully saturated rings. The number of thioether (sulfide) groups is 1. The molecule has 134 valence electrons. The minimum Gasteiger partial charge on any atom is -0.394 e. The Labute approximate surface area is 149 Å². The number of anilines is 1. The molecule has 9 heteroatoms. The van der Waals surface area contributed by atoms with Crippen LogP contribution in [0.15, 0.2) is 29.2 Å². The molecule has 3 rings (SSSR count). The van der Waals surface area contributed by atoms with E-state index < -0.39 is 18.7 Å². The number of fused-ring (bicyclic) bond motifs is 1. The molecule has 1 aromatic rings. The Hall–Kier alpha value is -2.26. The summed E-state index contributed by atoms with van der Waals surface area (Å²) in [4.78, 5) is 38.9. The van der Waals surface area contributed by atoms with E-state index in [1.807, 2.05) is 24.5 Å². The number of carbonyl (C=O) groups excluding carboxylic acids is 3. The van der Waals surface area contributed by atoms with E-state index in [1.54, 1.807) is 17.8 Å². The average molecular weight is 364 g/mol. The van der Waals surface area contributed by atoms with E-state index in [9.17, 15) is 19.5 Å². The number of benzene rings is 1. The van der Waals surface area contributed by atoms with Gasteiger partial charge < -0.3 is 26.0 Å². The van der Waals surface area contributed by atoms with Crippen LogP contribution < -0.4 is 16.0 Å². The molecule has 0 aromatic heterocycles.